The molecular weight excluding hydrogens is 355 g/mol. The molecule has 0 aliphatic carbocycles. The lowest BCUT2D eigenvalue weighted by Crippen LogP contribution is -2.05. The van der Waals surface area contributed by atoms with Crippen molar-refractivity contribution in [3.8, 4) is 0 Å². The second-order valence-corrected chi connectivity index (χ2v) is 6.42. The average molecular weight is 368 g/mol. The van der Waals surface area contributed by atoms with Gasteiger partial charge in [-0.2, -0.15) is 0 Å². The Kier molecular flexibility index (Phi) is 4.00. The van der Waals surface area contributed by atoms with Crippen molar-refractivity contribution in [2.24, 2.45) is 0 Å². The van der Waals surface area contributed by atoms with Crippen LogP contribution in [0.25, 0.3) is 11.0 Å². The molecule has 0 radical (unpaired) electrons. The number of benzene rings is 2. The summed E-state index contributed by atoms with van der Waals surface area (Å²) in [6.45, 7) is 2.53. The summed E-state index contributed by atoms with van der Waals surface area (Å²) in [6.07, 6.45) is 0. The molecule has 0 fully saturated rings. The highest BCUT2D eigenvalue weighted by molar-refractivity contribution is 9.10. The lowest BCUT2D eigenvalue weighted by molar-refractivity contribution is 0.622. The molecule has 1 atom stereocenters. The van der Waals surface area contributed by atoms with Gasteiger partial charge >= 0.3 is 0 Å². The van der Waals surface area contributed by atoms with Crippen LogP contribution in [0.1, 0.15) is 23.7 Å². The van der Waals surface area contributed by atoms with Crippen LogP contribution < -0.4 is 0 Å². The van der Waals surface area contributed by atoms with E-state index in [-0.39, 0.29) is 11.2 Å². The van der Waals surface area contributed by atoms with Gasteiger partial charge in [0.25, 0.3) is 0 Å². The highest BCUT2D eigenvalue weighted by Gasteiger charge is 2.17. The maximum absolute atomic E-state index is 13.7. The zero-order chi connectivity index (χ0) is 15.0. The van der Waals surface area contributed by atoms with Crippen molar-refractivity contribution in [2.75, 3.05) is 0 Å². The average Bonchev–Trinajstić information content (AvgIpc) is 2.79. The van der Waals surface area contributed by atoms with E-state index in [1.165, 1.54) is 6.07 Å². The standard InChI is InChI=1S/C16H13BrClFN2/c1-10(18)16-20-14-8-13(19)12(17)7-15(14)21(16)9-11-5-3-2-4-6-11/h2-8,10H,9H2,1H3. The Bertz CT molecular complexity index is 784. The van der Waals surface area contributed by atoms with E-state index >= 15 is 0 Å². The first kappa shape index (κ1) is 14.5. The molecule has 1 aromatic heterocycles. The van der Waals surface area contributed by atoms with E-state index in [9.17, 15) is 4.39 Å². The summed E-state index contributed by atoms with van der Waals surface area (Å²) in [5, 5.41) is -0.247. The van der Waals surface area contributed by atoms with Gasteiger partial charge in [-0.05, 0) is 34.5 Å². The summed E-state index contributed by atoms with van der Waals surface area (Å²) in [6, 6.07) is 13.3. The minimum atomic E-state index is -0.319. The van der Waals surface area contributed by atoms with Crippen LogP contribution in [0.15, 0.2) is 46.9 Å². The second-order valence-electron chi connectivity index (χ2n) is 4.91. The maximum Gasteiger partial charge on any atom is 0.139 e. The van der Waals surface area contributed by atoms with Gasteiger partial charge in [-0.15, -0.1) is 11.6 Å². The number of hydrogen-bond acceptors (Lipinski definition) is 1. The summed E-state index contributed by atoms with van der Waals surface area (Å²) in [7, 11) is 0. The molecule has 0 aliphatic rings. The first-order valence-electron chi connectivity index (χ1n) is 6.59. The molecule has 0 saturated heterocycles. The Morgan fingerprint density at radius 1 is 1.29 bits per heavy atom. The molecule has 21 heavy (non-hydrogen) atoms. The number of nitrogens with zero attached hydrogens (tertiary/aromatic N) is 2. The molecule has 5 heteroatoms. The molecule has 3 aromatic rings. The molecular formula is C16H13BrClFN2. The van der Waals surface area contributed by atoms with Gasteiger partial charge in [0.05, 0.1) is 20.9 Å². The molecule has 1 heterocycles. The van der Waals surface area contributed by atoms with Crippen LogP contribution in [-0.4, -0.2) is 9.55 Å². The molecule has 2 nitrogen and oxygen atoms in total. The van der Waals surface area contributed by atoms with Crippen molar-refractivity contribution >= 4 is 38.6 Å². The summed E-state index contributed by atoms with van der Waals surface area (Å²) in [5.74, 6) is 0.425. The van der Waals surface area contributed by atoms with Crippen molar-refractivity contribution in [1.29, 1.82) is 0 Å². The third-order valence-corrected chi connectivity index (χ3v) is 4.16. The van der Waals surface area contributed by atoms with Crippen LogP contribution >= 0.6 is 27.5 Å². The summed E-state index contributed by atoms with van der Waals surface area (Å²) in [4.78, 5) is 4.48. The van der Waals surface area contributed by atoms with Crippen LogP contribution in [0.5, 0.6) is 0 Å². The molecule has 3 rings (SSSR count). The monoisotopic (exact) mass is 366 g/mol. The predicted octanol–water partition coefficient (Wildman–Crippen LogP) is 5.29. The van der Waals surface area contributed by atoms with Crippen molar-refractivity contribution in [1.82, 2.24) is 9.55 Å². The van der Waals surface area contributed by atoms with E-state index in [4.69, 9.17) is 11.6 Å². The summed E-state index contributed by atoms with van der Waals surface area (Å²) >= 11 is 9.47. The third-order valence-electron chi connectivity index (χ3n) is 3.36. The van der Waals surface area contributed by atoms with Crippen molar-refractivity contribution in [3.63, 3.8) is 0 Å². The van der Waals surface area contributed by atoms with E-state index in [0.717, 1.165) is 16.9 Å². The fourth-order valence-electron chi connectivity index (χ4n) is 2.37. The van der Waals surface area contributed by atoms with E-state index in [0.29, 0.717) is 16.5 Å². The number of alkyl halides is 1. The highest BCUT2D eigenvalue weighted by atomic mass is 79.9. The molecule has 1 unspecified atom stereocenters. The number of fused-ring (bicyclic) bond motifs is 1. The maximum atomic E-state index is 13.7. The minimum absolute atomic E-state index is 0.247. The highest BCUT2D eigenvalue weighted by Crippen LogP contribution is 2.29. The molecule has 0 spiro atoms. The SMILES string of the molecule is CC(Cl)c1nc2cc(F)c(Br)cc2n1Cc1ccccc1. The zero-order valence-corrected chi connectivity index (χ0v) is 13.7. The Hall–Kier alpha value is -1.39. The van der Waals surface area contributed by atoms with Crippen molar-refractivity contribution in [3.05, 3.63) is 64.1 Å². The fraction of sp³-hybridized carbons (Fsp3) is 0.188. The normalized spacial score (nSPS) is 12.8. The fourth-order valence-corrected chi connectivity index (χ4v) is 2.87. The Morgan fingerprint density at radius 3 is 2.67 bits per heavy atom. The lowest BCUT2D eigenvalue weighted by atomic mass is 10.2. The van der Waals surface area contributed by atoms with E-state index in [1.807, 2.05) is 41.8 Å². The van der Waals surface area contributed by atoms with Gasteiger partial charge in [0.15, 0.2) is 0 Å². The van der Waals surface area contributed by atoms with E-state index in [2.05, 4.69) is 20.9 Å². The van der Waals surface area contributed by atoms with Crippen LogP contribution in [0.3, 0.4) is 0 Å². The van der Waals surface area contributed by atoms with Gasteiger partial charge in [0.1, 0.15) is 11.6 Å². The van der Waals surface area contributed by atoms with Crippen LogP contribution in [-0.2, 0) is 6.54 Å². The first-order chi connectivity index (χ1) is 10.1. The Morgan fingerprint density at radius 2 is 2.00 bits per heavy atom. The Labute approximate surface area is 135 Å². The second kappa shape index (κ2) is 5.78. The quantitative estimate of drug-likeness (QED) is 0.575. The van der Waals surface area contributed by atoms with Gasteiger partial charge in [0, 0.05) is 12.6 Å². The molecule has 2 aromatic carbocycles. The number of hydrogen-bond donors (Lipinski definition) is 0. The zero-order valence-electron chi connectivity index (χ0n) is 11.4. The molecule has 0 aliphatic heterocycles. The molecule has 0 saturated carbocycles. The largest absolute Gasteiger partial charge is 0.322 e. The number of rotatable bonds is 3. The molecule has 0 amide bonds. The minimum Gasteiger partial charge on any atom is -0.322 e. The van der Waals surface area contributed by atoms with Gasteiger partial charge in [0.2, 0.25) is 0 Å². The number of halogens is 3. The van der Waals surface area contributed by atoms with Gasteiger partial charge in [-0.3, -0.25) is 0 Å². The van der Waals surface area contributed by atoms with E-state index < -0.39 is 0 Å². The molecule has 0 bridgehead atoms. The number of aromatic nitrogens is 2. The van der Waals surface area contributed by atoms with Crippen LogP contribution in [0.4, 0.5) is 4.39 Å². The smallest absolute Gasteiger partial charge is 0.139 e. The van der Waals surface area contributed by atoms with E-state index in [1.54, 1.807) is 6.07 Å². The van der Waals surface area contributed by atoms with Gasteiger partial charge in [-0.25, -0.2) is 9.37 Å². The summed E-state index contributed by atoms with van der Waals surface area (Å²) in [5.41, 5.74) is 2.64. The third kappa shape index (κ3) is 2.83. The first-order valence-corrected chi connectivity index (χ1v) is 7.82. The predicted molar refractivity (Wildman–Crippen MR) is 87.2 cm³/mol. The molecule has 0 N–H and O–H groups in total. The molecule has 108 valence electrons. The van der Waals surface area contributed by atoms with Crippen LogP contribution in [0, 0.1) is 5.82 Å². The van der Waals surface area contributed by atoms with Crippen LogP contribution in [0.2, 0.25) is 0 Å². The Balaban J connectivity index is 2.18. The number of imidazole rings is 1. The van der Waals surface area contributed by atoms with Gasteiger partial charge < -0.3 is 4.57 Å². The van der Waals surface area contributed by atoms with Gasteiger partial charge in [-0.1, -0.05) is 30.3 Å². The van der Waals surface area contributed by atoms with Crippen molar-refractivity contribution in [2.45, 2.75) is 18.8 Å². The summed E-state index contributed by atoms with van der Waals surface area (Å²) < 4.78 is 16.2. The topological polar surface area (TPSA) is 17.8 Å². The lowest BCUT2D eigenvalue weighted by Gasteiger charge is -2.11. The van der Waals surface area contributed by atoms with Crippen molar-refractivity contribution < 1.29 is 4.39 Å².